The standard InChI is InChI=1S/C16H22FNO/c1-2-7-16(8-10-18-11-9-16)15(19)12-13-5-3-4-6-14(13)17/h3-6,18H,2,7-12H2,1H3. The Kier molecular flexibility index (Phi) is 4.70. The van der Waals surface area contributed by atoms with Gasteiger partial charge in [-0.1, -0.05) is 31.5 Å². The third kappa shape index (κ3) is 3.21. The number of hydrogen-bond donors (Lipinski definition) is 1. The van der Waals surface area contributed by atoms with Crippen molar-refractivity contribution in [1.82, 2.24) is 5.32 Å². The van der Waals surface area contributed by atoms with Gasteiger partial charge in [-0.3, -0.25) is 4.79 Å². The number of Topliss-reactive ketones (excluding diaryl/α,β-unsaturated/α-hetero) is 1. The van der Waals surface area contributed by atoms with Gasteiger partial charge in [-0.25, -0.2) is 4.39 Å². The molecule has 0 unspecified atom stereocenters. The number of rotatable bonds is 5. The molecule has 104 valence electrons. The van der Waals surface area contributed by atoms with Crippen molar-refractivity contribution in [2.75, 3.05) is 13.1 Å². The van der Waals surface area contributed by atoms with Crippen molar-refractivity contribution in [2.24, 2.45) is 5.41 Å². The van der Waals surface area contributed by atoms with Crippen molar-refractivity contribution in [3.63, 3.8) is 0 Å². The lowest BCUT2D eigenvalue weighted by Crippen LogP contribution is -2.42. The number of benzene rings is 1. The predicted octanol–water partition coefficient (Wildman–Crippen LogP) is 3.11. The summed E-state index contributed by atoms with van der Waals surface area (Å²) in [5, 5.41) is 3.30. The van der Waals surface area contributed by atoms with Gasteiger partial charge in [0.25, 0.3) is 0 Å². The van der Waals surface area contributed by atoms with Gasteiger partial charge in [-0.2, -0.15) is 0 Å². The van der Waals surface area contributed by atoms with Gasteiger partial charge in [0, 0.05) is 11.8 Å². The Balaban J connectivity index is 2.14. The smallest absolute Gasteiger partial charge is 0.143 e. The van der Waals surface area contributed by atoms with E-state index in [0.29, 0.717) is 5.56 Å². The summed E-state index contributed by atoms with van der Waals surface area (Å²) in [5.41, 5.74) is 0.295. The summed E-state index contributed by atoms with van der Waals surface area (Å²) in [7, 11) is 0. The first kappa shape index (κ1) is 14.2. The first-order valence-corrected chi connectivity index (χ1v) is 7.15. The van der Waals surface area contributed by atoms with Gasteiger partial charge in [0.1, 0.15) is 11.6 Å². The normalized spacial score (nSPS) is 18.2. The van der Waals surface area contributed by atoms with Crippen molar-refractivity contribution in [3.8, 4) is 0 Å². The second-order valence-corrected chi connectivity index (χ2v) is 5.47. The summed E-state index contributed by atoms with van der Waals surface area (Å²) in [6.07, 6.45) is 3.92. The van der Waals surface area contributed by atoms with Crippen LogP contribution in [0.3, 0.4) is 0 Å². The molecule has 0 amide bonds. The molecule has 2 nitrogen and oxygen atoms in total. The number of piperidine rings is 1. The summed E-state index contributed by atoms with van der Waals surface area (Å²) in [6, 6.07) is 6.60. The van der Waals surface area contributed by atoms with E-state index < -0.39 is 0 Å². The van der Waals surface area contributed by atoms with Crippen LogP contribution in [0.5, 0.6) is 0 Å². The molecule has 0 bridgehead atoms. The van der Waals surface area contributed by atoms with Crippen molar-refractivity contribution in [3.05, 3.63) is 35.6 Å². The third-order valence-electron chi connectivity index (χ3n) is 4.19. The number of ketones is 1. The third-order valence-corrected chi connectivity index (χ3v) is 4.19. The zero-order valence-electron chi connectivity index (χ0n) is 11.5. The molecule has 3 heteroatoms. The second kappa shape index (κ2) is 6.29. The summed E-state index contributed by atoms with van der Waals surface area (Å²) in [4.78, 5) is 12.6. The monoisotopic (exact) mass is 263 g/mol. The van der Waals surface area contributed by atoms with Gasteiger partial charge in [0.15, 0.2) is 0 Å². The van der Waals surface area contributed by atoms with Crippen LogP contribution >= 0.6 is 0 Å². The van der Waals surface area contributed by atoms with Crippen LogP contribution in [0.1, 0.15) is 38.2 Å². The second-order valence-electron chi connectivity index (χ2n) is 5.47. The van der Waals surface area contributed by atoms with Crippen LogP contribution in [0.15, 0.2) is 24.3 Å². The first-order chi connectivity index (χ1) is 9.18. The Hall–Kier alpha value is -1.22. The summed E-state index contributed by atoms with van der Waals surface area (Å²) >= 11 is 0. The highest BCUT2D eigenvalue weighted by molar-refractivity contribution is 5.87. The van der Waals surface area contributed by atoms with Crippen LogP contribution in [0.2, 0.25) is 0 Å². The SMILES string of the molecule is CCCC1(C(=O)Cc2ccccc2F)CCNCC1. The first-order valence-electron chi connectivity index (χ1n) is 7.15. The number of hydrogen-bond acceptors (Lipinski definition) is 2. The van der Waals surface area contributed by atoms with Crippen LogP contribution < -0.4 is 5.32 Å². The van der Waals surface area contributed by atoms with Crippen molar-refractivity contribution >= 4 is 5.78 Å². The molecule has 2 rings (SSSR count). The van der Waals surface area contributed by atoms with Crippen LogP contribution in [0.25, 0.3) is 0 Å². The minimum absolute atomic E-state index is 0.209. The van der Waals surface area contributed by atoms with Gasteiger partial charge in [-0.15, -0.1) is 0 Å². The molecule has 1 saturated heterocycles. The molecule has 19 heavy (non-hydrogen) atoms. The van der Waals surface area contributed by atoms with E-state index in [0.717, 1.165) is 38.8 Å². The number of nitrogens with one attached hydrogen (secondary N) is 1. The van der Waals surface area contributed by atoms with E-state index in [-0.39, 0.29) is 23.4 Å². The van der Waals surface area contributed by atoms with Gasteiger partial charge < -0.3 is 5.32 Å². The van der Waals surface area contributed by atoms with Crippen LogP contribution in [0, 0.1) is 11.2 Å². The molecule has 1 heterocycles. The molecule has 1 aromatic carbocycles. The minimum Gasteiger partial charge on any atom is -0.317 e. The summed E-state index contributed by atoms with van der Waals surface area (Å²) < 4.78 is 13.7. The van der Waals surface area contributed by atoms with Crippen LogP contribution in [-0.2, 0) is 11.2 Å². The average molecular weight is 263 g/mol. The molecular weight excluding hydrogens is 241 g/mol. The summed E-state index contributed by atoms with van der Waals surface area (Å²) in [6.45, 7) is 3.90. The fourth-order valence-corrected chi connectivity index (χ4v) is 3.05. The molecule has 0 radical (unpaired) electrons. The maximum Gasteiger partial charge on any atom is 0.143 e. The molecule has 1 aliphatic rings. The molecule has 0 aromatic heterocycles. The molecule has 0 saturated carbocycles. The largest absolute Gasteiger partial charge is 0.317 e. The molecule has 1 fully saturated rings. The fraction of sp³-hybridized carbons (Fsp3) is 0.562. The van der Waals surface area contributed by atoms with Crippen LogP contribution in [0.4, 0.5) is 4.39 Å². The molecule has 0 spiro atoms. The van der Waals surface area contributed by atoms with Gasteiger partial charge in [0.2, 0.25) is 0 Å². The Morgan fingerprint density at radius 1 is 1.32 bits per heavy atom. The lowest BCUT2D eigenvalue weighted by molar-refractivity contribution is -0.130. The van der Waals surface area contributed by atoms with Gasteiger partial charge >= 0.3 is 0 Å². The van der Waals surface area contributed by atoms with Crippen molar-refractivity contribution in [1.29, 1.82) is 0 Å². The van der Waals surface area contributed by atoms with Crippen LogP contribution in [-0.4, -0.2) is 18.9 Å². The fourth-order valence-electron chi connectivity index (χ4n) is 3.05. The van der Waals surface area contributed by atoms with E-state index in [1.165, 1.54) is 6.07 Å². The zero-order chi connectivity index (χ0) is 13.7. The van der Waals surface area contributed by atoms with E-state index in [4.69, 9.17) is 0 Å². The zero-order valence-corrected chi connectivity index (χ0v) is 11.5. The van der Waals surface area contributed by atoms with E-state index in [9.17, 15) is 9.18 Å². The quantitative estimate of drug-likeness (QED) is 0.884. The van der Waals surface area contributed by atoms with Crippen molar-refractivity contribution in [2.45, 2.75) is 39.0 Å². The lowest BCUT2D eigenvalue weighted by Gasteiger charge is -2.36. The summed E-state index contributed by atoms with van der Waals surface area (Å²) in [5.74, 6) is -0.0580. The highest BCUT2D eigenvalue weighted by Gasteiger charge is 2.38. The number of carbonyl (C=O) groups is 1. The Morgan fingerprint density at radius 2 is 2.00 bits per heavy atom. The Bertz CT molecular complexity index is 433. The Labute approximate surface area is 114 Å². The predicted molar refractivity (Wildman–Crippen MR) is 74.6 cm³/mol. The molecule has 1 N–H and O–H groups in total. The molecule has 1 aliphatic heterocycles. The van der Waals surface area contributed by atoms with Gasteiger partial charge in [-0.05, 0) is 44.0 Å². The highest BCUT2D eigenvalue weighted by atomic mass is 19.1. The van der Waals surface area contributed by atoms with Gasteiger partial charge in [0.05, 0.1) is 0 Å². The minimum atomic E-state index is -0.267. The lowest BCUT2D eigenvalue weighted by atomic mass is 9.70. The molecular formula is C16H22FNO. The van der Waals surface area contributed by atoms with E-state index in [2.05, 4.69) is 12.2 Å². The molecule has 0 aliphatic carbocycles. The van der Waals surface area contributed by atoms with E-state index in [1.807, 2.05) is 0 Å². The number of carbonyl (C=O) groups excluding carboxylic acids is 1. The average Bonchev–Trinajstić information content (AvgIpc) is 2.42. The van der Waals surface area contributed by atoms with Crippen molar-refractivity contribution < 1.29 is 9.18 Å². The molecule has 1 aromatic rings. The Morgan fingerprint density at radius 3 is 2.63 bits per heavy atom. The number of halogens is 1. The maximum atomic E-state index is 13.7. The maximum absolute atomic E-state index is 13.7. The van der Waals surface area contributed by atoms with E-state index in [1.54, 1.807) is 18.2 Å². The van der Waals surface area contributed by atoms with E-state index >= 15 is 0 Å². The molecule has 0 atom stereocenters. The topological polar surface area (TPSA) is 29.1 Å². The highest BCUT2D eigenvalue weighted by Crippen LogP contribution is 2.36.